The minimum Gasteiger partial charge on any atom is -0.385 e. The third kappa shape index (κ3) is 8.43. The Morgan fingerprint density at radius 2 is 1.74 bits per heavy atom. The summed E-state index contributed by atoms with van der Waals surface area (Å²) in [7, 11) is -1.93. The highest BCUT2D eigenvalue weighted by Crippen LogP contribution is 2.35. The first-order chi connectivity index (χ1) is 18.8. The summed E-state index contributed by atoms with van der Waals surface area (Å²) in [5.74, 6) is 0.299. The van der Waals surface area contributed by atoms with Crippen LogP contribution in [0, 0.1) is 5.92 Å². The topological polar surface area (TPSA) is 91.0 Å². The Kier molecular flexibility index (Phi) is 10.6. The van der Waals surface area contributed by atoms with Crippen LogP contribution in [0.25, 0.3) is 0 Å². The van der Waals surface area contributed by atoms with Gasteiger partial charge in [0.1, 0.15) is 0 Å². The number of nitrogens with zero attached hydrogens (tertiary/aromatic N) is 2. The summed E-state index contributed by atoms with van der Waals surface area (Å²) in [4.78, 5) is 18.0. The predicted octanol–water partition coefficient (Wildman–Crippen LogP) is 3.82. The molecule has 0 aromatic heterocycles. The van der Waals surface area contributed by atoms with Crippen LogP contribution in [-0.2, 0) is 21.0 Å². The van der Waals surface area contributed by atoms with Crippen molar-refractivity contribution in [2.45, 2.75) is 43.4 Å². The maximum Gasteiger partial charge on any atom is 0.253 e. The third-order valence-electron chi connectivity index (χ3n) is 7.82. The first-order valence-electron chi connectivity index (χ1n) is 14.3. The second-order valence-electron chi connectivity index (χ2n) is 10.8. The fraction of sp³-hybridized carbons (Fsp3) is 0.567. The van der Waals surface area contributed by atoms with E-state index >= 15 is 0 Å². The smallest absolute Gasteiger partial charge is 0.253 e. The first-order valence-corrected chi connectivity index (χ1v) is 16.1. The molecule has 214 valence electrons. The van der Waals surface area contributed by atoms with Crippen LogP contribution in [0.2, 0.25) is 0 Å². The molecule has 2 heterocycles. The molecule has 0 unspecified atom stereocenters. The van der Waals surface area contributed by atoms with Gasteiger partial charge in [-0.15, -0.1) is 0 Å². The molecule has 1 amide bonds. The molecule has 2 aromatic carbocycles. The van der Waals surface area contributed by atoms with Gasteiger partial charge in [-0.1, -0.05) is 30.3 Å². The molecule has 2 N–H and O–H groups in total. The zero-order chi connectivity index (χ0) is 27.7. The van der Waals surface area contributed by atoms with Gasteiger partial charge in [0.05, 0.1) is 16.1 Å². The van der Waals surface area contributed by atoms with Crippen LogP contribution >= 0.6 is 0 Å². The second kappa shape index (κ2) is 14.1. The van der Waals surface area contributed by atoms with Crippen LogP contribution in [0.3, 0.4) is 0 Å². The van der Waals surface area contributed by atoms with Gasteiger partial charge in [-0.05, 0) is 75.2 Å². The number of carbonyl (C=O) groups excluding carboxylic acids is 1. The van der Waals surface area contributed by atoms with E-state index in [-0.39, 0.29) is 10.8 Å². The molecule has 0 bridgehead atoms. The Morgan fingerprint density at radius 3 is 2.41 bits per heavy atom. The molecule has 9 heteroatoms. The van der Waals surface area contributed by atoms with Crippen molar-refractivity contribution in [3.05, 3.63) is 53.6 Å². The molecule has 39 heavy (non-hydrogen) atoms. The summed E-state index contributed by atoms with van der Waals surface area (Å²) < 4.78 is 31.0. The van der Waals surface area contributed by atoms with E-state index in [1.165, 1.54) is 24.7 Å². The first kappa shape index (κ1) is 29.4. The Bertz CT molecular complexity index is 1170. The maximum absolute atomic E-state index is 13.2. The normalized spacial score (nSPS) is 16.9. The lowest BCUT2D eigenvalue weighted by atomic mass is 9.90. The predicted molar refractivity (Wildman–Crippen MR) is 158 cm³/mol. The van der Waals surface area contributed by atoms with Gasteiger partial charge < -0.3 is 25.2 Å². The fourth-order valence-corrected chi connectivity index (χ4v) is 6.54. The van der Waals surface area contributed by atoms with E-state index < -0.39 is 9.84 Å². The average Bonchev–Trinajstić information content (AvgIpc) is 3.45. The molecule has 2 aliphatic rings. The lowest BCUT2D eigenvalue weighted by Gasteiger charge is -2.35. The van der Waals surface area contributed by atoms with Crippen LogP contribution in [-0.4, -0.2) is 85.0 Å². The number of sulfone groups is 1. The van der Waals surface area contributed by atoms with E-state index in [0.717, 1.165) is 52.0 Å². The number of anilines is 2. The Labute approximate surface area is 234 Å². The number of carbonyl (C=O) groups is 1. The second-order valence-corrected chi connectivity index (χ2v) is 12.8. The number of nitrogens with one attached hydrogen (secondary N) is 2. The lowest BCUT2D eigenvalue weighted by molar-refractivity contribution is 0.0949. The Hall–Kier alpha value is -2.62. The van der Waals surface area contributed by atoms with E-state index in [4.69, 9.17) is 4.74 Å². The summed E-state index contributed by atoms with van der Waals surface area (Å²) in [6.45, 7) is 6.38. The summed E-state index contributed by atoms with van der Waals surface area (Å²) in [5, 5.41) is 6.41. The van der Waals surface area contributed by atoms with E-state index in [9.17, 15) is 13.2 Å². The van der Waals surface area contributed by atoms with Crippen LogP contribution in [0.4, 0.5) is 11.4 Å². The SMILES string of the molecule is COCCCNC(=O)c1cc(S(C)(=O)=O)c(N2CCC(Cc3ccccc3)CC2)cc1NCCN1CCCC1. The molecule has 2 aromatic rings. The Balaban J connectivity index is 1.55. The monoisotopic (exact) mass is 556 g/mol. The number of likely N-dealkylation sites (tertiary alicyclic amines) is 1. The van der Waals surface area contributed by atoms with Crippen LogP contribution < -0.4 is 15.5 Å². The van der Waals surface area contributed by atoms with Gasteiger partial charge >= 0.3 is 0 Å². The van der Waals surface area contributed by atoms with Crippen molar-refractivity contribution in [1.82, 2.24) is 10.2 Å². The molecule has 0 atom stereocenters. The van der Waals surface area contributed by atoms with Crippen molar-refractivity contribution in [2.75, 3.05) is 76.0 Å². The molecule has 0 aliphatic carbocycles. The standard InChI is InChI=1S/C30H44N4O4S/c1-38-20-8-13-32-30(35)26-22-29(39(2,36)37)28(23-27(26)31-14-19-33-15-6-7-16-33)34-17-11-25(12-18-34)21-24-9-4-3-5-10-24/h3-5,9-10,22-23,25,31H,6-8,11-21H2,1-2H3,(H,32,35). The minimum absolute atomic E-state index is 0.219. The summed E-state index contributed by atoms with van der Waals surface area (Å²) in [6.07, 6.45) is 7.41. The van der Waals surface area contributed by atoms with E-state index in [2.05, 4.69) is 44.7 Å². The molecule has 2 saturated heterocycles. The molecule has 0 saturated carbocycles. The summed E-state index contributed by atoms with van der Waals surface area (Å²) >= 11 is 0. The minimum atomic E-state index is -3.56. The number of rotatable bonds is 13. The van der Waals surface area contributed by atoms with Gasteiger partial charge in [0.15, 0.2) is 9.84 Å². The van der Waals surface area contributed by atoms with Crippen molar-refractivity contribution in [2.24, 2.45) is 5.92 Å². The third-order valence-corrected chi connectivity index (χ3v) is 8.94. The van der Waals surface area contributed by atoms with Gasteiger partial charge in [0, 0.05) is 58.4 Å². The van der Waals surface area contributed by atoms with E-state index in [1.807, 2.05) is 12.1 Å². The maximum atomic E-state index is 13.2. The fourth-order valence-electron chi connectivity index (χ4n) is 5.64. The number of hydrogen-bond donors (Lipinski definition) is 2. The number of benzene rings is 2. The highest BCUT2D eigenvalue weighted by Gasteiger charge is 2.27. The van der Waals surface area contributed by atoms with Crippen molar-refractivity contribution >= 4 is 27.1 Å². The molecule has 8 nitrogen and oxygen atoms in total. The number of hydrogen-bond acceptors (Lipinski definition) is 7. The highest BCUT2D eigenvalue weighted by atomic mass is 32.2. The molecular formula is C30H44N4O4S. The summed E-state index contributed by atoms with van der Waals surface area (Å²) in [5.41, 5.74) is 3.10. The number of amides is 1. The van der Waals surface area contributed by atoms with Gasteiger partial charge in [-0.2, -0.15) is 0 Å². The quantitative estimate of drug-likeness (QED) is 0.363. The molecule has 4 rings (SSSR count). The average molecular weight is 557 g/mol. The van der Waals surface area contributed by atoms with Gasteiger partial charge in [-0.25, -0.2) is 8.42 Å². The number of methoxy groups -OCH3 is 1. The van der Waals surface area contributed by atoms with Crippen LogP contribution in [0.5, 0.6) is 0 Å². The number of piperidine rings is 1. The largest absolute Gasteiger partial charge is 0.385 e. The van der Waals surface area contributed by atoms with Crippen LogP contribution in [0.15, 0.2) is 47.4 Å². The Morgan fingerprint density at radius 1 is 1.03 bits per heavy atom. The van der Waals surface area contributed by atoms with Crippen molar-refractivity contribution in [3.63, 3.8) is 0 Å². The zero-order valence-electron chi connectivity index (χ0n) is 23.5. The molecule has 0 spiro atoms. The van der Waals surface area contributed by atoms with Gasteiger partial charge in [-0.3, -0.25) is 4.79 Å². The highest BCUT2D eigenvalue weighted by molar-refractivity contribution is 7.90. The van der Waals surface area contributed by atoms with Crippen molar-refractivity contribution in [3.8, 4) is 0 Å². The molecule has 2 aliphatic heterocycles. The number of ether oxygens (including phenoxy) is 1. The van der Waals surface area contributed by atoms with Crippen molar-refractivity contribution < 1.29 is 17.9 Å². The summed E-state index contributed by atoms with van der Waals surface area (Å²) in [6, 6.07) is 14.0. The van der Waals surface area contributed by atoms with Gasteiger partial charge in [0.25, 0.3) is 5.91 Å². The van der Waals surface area contributed by atoms with Gasteiger partial charge in [0.2, 0.25) is 0 Å². The van der Waals surface area contributed by atoms with Crippen LogP contribution in [0.1, 0.15) is 48.0 Å². The zero-order valence-corrected chi connectivity index (χ0v) is 24.3. The lowest BCUT2D eigenvalue weighted by Crippen LogP contribution is -2.35. The van der Waals surface area contributed by atoms with Crippen molar-refractivity contribution in [1.29, 1.82) is 0 Å². The molecule has 2 fully saturated rings. The molecular weight excluding hydrogens is 512 g/mol. The van der Waals surface area contributed by atoms with E-state index in [1.54, 1.807) is 13.2 Å². The molecule has 0 radical (unpaired) electrons. The van der Waals surface area contributed by atoms with E-state index in [0.29, 0.717) is 49.0 Å².